The zero-order valence-corrected chi connectivity index (χ0v) is 9.54. The van der Waals surface area contributed by atoms with Crippen LogP contribution in [0.3, 0.4) is 0 Å². The molecule has 1 heterocycles. The van der Waals surface area contributed by atoms with E-state index in [1.54, 1.807) is 0 Å². The zero-order valence-electron chi connectivity index (χ0n) is 6.23. The van der Waals surface area contributed by atoms with Gasteiger partial charge in [0.2, 0.25) is 0 Å². The molecule has 1 nitrogen and oxygen atoms in total. The van der Waals surface area contributed by atoms with Gasteiger partial charge < -0.3 is 4.74 Å². The van der Waals surface area contributed by atoms with Crippen LogP contribution in [0.15, 0.2) is 30.3 Å². The van der Waals surface area contributed by atoms with Crippen LogP contribution in [0.4, 0.5) is 0 Å². The van der Waals surface area contributed by atoms with Crippen LogP contribution in [0.2, 0.25) is 0 Å². The van der Waals surface area contributed by atoms with Crippen molar-refractivity contribution in [2.75, 3.05) is 6.61 Å². The summed E-state index contributed by atoms with van der Waals surface area (Å²) in [5, 5.41) is 0. The minimum absolute atomic E-state index is 0. The molecule has 1 aliphatic rings. The van der Waals surface area contributed by atoms with Gasteiger partial charge >= 0.3 is 0 Å². The van der Waals surface area contributed by atoms with E-state index in [0.717, 1.165) is 5.75 Å². The van der Waals surface area contributed by atoms with Gasteiger partial charge in [0.25, 0.3) is 0 Å². The number of ether oxygens (including phenoxy) is 1. The predicted octanol–water partition coefficient (Wildman–Crippen LogP) is 0.903. The van der Waals surface area contributed by atoms with Gasteiger partial charge in [0, 0.05) is 43.4 Å². The van der Waals surface area contributed by atoms with Gasteiger partial charge in [-0.2, -0.15) is 0 Å². The summed E-state index contributed by atoms with van der Waals surface area (Å²) < 4.78 is 5.34. The smallest absolute Gasteiger partial charge is 0.126 e. The number of hydrogen-bond donors (Lipinski definition) is 0. The Hall–Kier alpha value is 0.0197. The van der Waals surface area contributed by atoms with Crippen LogP contribution >= 0.6 is 0 Å². The van der Waals surface area contributed by atoms with Gasteiger partial charge in [-0.05, 0) is 12.1 Å². The van der Waals surface area contributed by atoms with E-state index in [4.69, 9.17) is 4.74 Å². The monoisotopic (exact) mass is 400 g/mol. The summed E-state index contributed by atoms with van der Waals surface area (Å²) >= 11 is 0. The molecule has 1 aromatic carbocycles. The second-order valence-electron chi connectivity index (χ2n) is 2.25. The number of para-hydroxylation sites is 1. The predicted molar refractivity (Wildman–Crippen MR) is 50.9 cm³/mol. The molecule has 0 amide bonds. The third-order valence-corrected chi connectivity index (χ3v) is 1.55. The quantitative estimate of drug-likeness (QED) is 0.589. The summed E-state index contributed by atoms with van der Waals surface area (Å²) in [6.45, 7) is 0.705. The molecule has 1 aliphatic heterocycles. The van der Waals surface area contributed by atoms with Crippen molar-refractivity contribution in [2.45, 2.75) is 0 Å². The minimum Gasteiger partial charge on any atom is -0.489 e. The molecular formula is C9H11BCoOPt. The maximum Gasteiger partial charge on any atom is 0.126 e. The molecule has 75 valence electrons. The minimum atomic E-state index is 0. The Balaban J connectivity index is 0. The van der Waals surface area contributed by atoms with Crippen molar-refractivity contribution in [3.63, 3.8) is 0 Å². The average Bonchev–Trinajstić information content (AvgIpc) is 2.05. The number of hydrogen-bond acceptors (Lipinski definition) is 1. The van der Waals surface area contributed by atoms with Gasteiger partial charge in [0.15, 0.2) is 0 Å². The third-order valence-electron chi connectivity index (χ3n) is 1.55. The SMILES string of the molecule is B.C1=Cc2ccccc2OC1.[Co].[Pt]. The van der Waals surface area contributed by atoms with E-state index in [1.165, 1.54) is 5.56 Å². The van der Waals surface area contributed by atoms with Gasteiger partial charge in [-0.1, -0.05) is 24.3 Å². The molecule has 1 aromatic rings. The number of rotatable bonds is 0. The van der Waals surface area contributed by atoms with Crippen molar-refractivity contribution >= 4 is 14.5 Å². The average molecular weight is 400 g/mol. The second kappa shape index (κ2) is 7.43. The third kappa shape index (κ3) is 3.72. The first-order chi connectivity index (χ1) is 4.97. The number of fused-ring (bicyclic) bond motifs is 1. The molecule has 0 aromatic heterocycles. The van der Waals surface area contributed by atoms with Crippen LogP contribution in [-0.4, -0.2) is 15.0 Å². The molecule has 2 rings (SSSR count). The van der Waals surface area contributed by atoms with Gasteiger partial charge in [-0.3, -0.25) is 0 Å². The molecule has 0 fully saturated rings. The zero-order chi connectivity index (χ0) is 6.81. The second-order valence-corrected chi connectivity index (χ2v) is 2.25. The molecule has 0 bridgehead atoms. The van der Waals surface area contributed by atoms with Crippen molar-refractivity contribution in [2.24, 2.45) is 0 Å². The van der Waals surface area contributed by atoms with Crippen molar-refractivity contribution in [1.29, 1.82) is 0 Å². The number of benzene rings is 1. The summed E-state index contributed by atoms with van der Waals surface area (Å²) in [6, 6.07) is 8.03. The molecule has 0 spiro atoms. The van der Waals surface area contributed by atoms with Crippen molar-refractivity contribution < 1.29 is 42.6 Å². The van der Waals surface area contributed by atoms with E-state index in [2.05, 4.69) is 6.08 Å². The largest absolute Gasteiger partial charge is 0.489 e. The normalized spacial score (nSPS) is 10.8. The van der Waals surface area contributed by atoms with Gasteiger partial charge in [-0.25, -0.2) is 0 Å². The Morgan fingerprint density at radius 3 is 2.54 bits per heavy atom. The van der Waals surface area contributed by atoms with Crippen LogP contribution in [0.5, 0.6) is 5.75 Å². The molecular weight excluding hydrogens is 389 g/mol. The molecule has 0 saturated carbocycles. The van der Waals surface area contributed by atoms with Crippen LogP contribution in [0, 0.1) is 0 Å². The van der Waals surface area contributed by atoms with Crippen LogP contribution in [0.25, 0.3) is 6.08 Å². The van der Waals surface area contributed by atoms with Gasteiger partial charge in [-0.15, -0.1) is 0 Å². The summed E-state index contributed by atoms with van der Waals surface area (Å²) in [7, 11) is 0. The molecule has 0 N–H and O–H groups in total. The summed E-state index contributed by atoms with van der Waals surface area (Å²) in [5.41, 5.74) is 1.17. The Morgan fingerprint density at radius 2 is 1.85 bits per heavy atom. The van der Waals surface area contributed by atoms with E-state index in [0.29, 0.717) is 6.61 Å². The maximum atomic E-state index is 5.34. The van der Waals surface area contributed by atoms with Crippen molar-refractivity contribution in [3.8, 4) is 5.75 Å². The fourth-order valence-electron chi connectivity index (χ4n) is 1.06. The van der Waals surface area contributed by atoms with E-state index in [9.17, 15) is 0 Å². The molecule has 13 heavy (non-hydrogen) atoms. The maximum absolute atomic E-state index is 5.34. The van der Waals surface area contributed by atoms with Gasteiger partial charge in [0.05, 0.1) is 8.41 Å². The summed E-state index contributed by atoms with van der Waals surface area (Å²) in [5.74, 6) is 0.991. The topological polar surface area (TPSA) is 9.23 Å². The molecule has 4 heteroatoms. The molecule has 0 atom stereocenters. The van der Waals surface area contributed by atoms with Crippen LogP contribution in [0.1, 0.15) is 5.56 Å². The fraction of sp³-hybridized carbons (Fsp3) is 0.111. The Morgan fingerprint density at radius 1 is 1.15 bits per heavy atom. The van der Waals surface area contributed by atoms with Crippen LogP contribution < -0.4 is 4.74 Å². The van der Waals surface area contributed by atoms with Crippen molar-refractivity contribution in [1.82, 2.24) is 0 Å². The molecule has 0 aliphatic carbocycles. The summed E-state index contributed by atoms with van der Waals surface area (Å²) in [6.07, 6.45) is 4.10. The fourth-order valence-corrected chi connectivity index (χ4v) is 1.06. The molecule has 0 unspecified atom stereocenters. The first-order valence-corrected chi connectivity index (χ1v) is 3.35. The van der Waals surface area contributed by atoms with E-state index < -0.39 is 0 Å². The van der Waals surface area contributed by atoms with E-state index in [1.807, 2.05) is 30.3 Å². The standard InChI is InChI=1S/C9H8O.BH3.Co.Pt/c1-2-6-9-8(4-1)5-3-7-10-9;;;/h1-6H,7H2;1H3;;. The Labute approximate surface area is 105 Å². The van der Waals surface area contributed by atoms with E-state index in [-0.39, 0.29) is 46.3 Å². The molecule has 1 radical (unpaired) electrons. The van der Waals surface area contributed by atoms with Crippen molar-refractivity contribution in [3.05, 3.63) is 35.9 Å². The van der Waals surface area contributed by atoms with Crippen LogP contribution in [-0.2, 0) is 37.8 Å². The molecule has 0 saturated heterocycles. The first-order valence-electron chi connectivity index (χ1n) is 3.35. The first kappa shape index (κ1) is 15.5. The Kier molecular flexibility index (Phi) is 8.85. The van der Waals surface area contributed by atoms with Gasteiger partial charge in [0.1, 0.15) is 12.4 Å². The Bertz CT molecular complexity index is 278. The van der Waals surface area contributed by atoms with E-state index >= 15 is 0 Å². The summed E-state index contributed by atoms with van der Waals surface area (Å²) in [4.78, 5) is 0.